The van der Waals surface area contributed by atoms with E-state index >= 15 is 0 Å². The van der Waals surface area contributed by atoms with Crippen LogP contribution in [0.4, 0.5) is 0 Å². The van der Waals surface area contributed by atoms with E-state index in [0.29, 0.717) is 25.1 Å². The molecule has 1 atom stereocenters. The van der Waals surface area contributed by atoms with Crippen molar-refractivity contribution in [3.63, 3.8) is 0 Å². The number of carbonyl (C=O) groups excluding carboxylic acids is 3. The van der Waals surface area contributed by atoms with Crippen molar-refractivity contribution in [2.45, 2.75) is 72.3 Å². The van der Waals surface area contributed by atoms with Crippen LogP contribution in [0.15, 0.2) is 24.3 Å². The van der Waals surface area contributed by atoms with E-state index < -0.39 is 6.04 Å². The van der Waals surface area contributed by atoms with Gasteiger partial charge in [-0.05, 0) is 62.0 Å². The Morgan fingerprint density at radius 3 is 2.19 bits per heavy atom. The molecule has 0 radical (unpaired) electrons. The molecule has 0 saturated carbocycles. The Morgan fingerprint density at radius 1 is 0.969 bits per heavy atom. The lowest BCUT2D eigenvalue weighted by Gasteiger charge is -2.39. The Balaban J connectivity index is 1.71. The SMILES string of the molecule is Cc1ccccc1C(=O)N[C@@H](C(=O)N1CCCCC1)C1CCN(C(=O)CC(C)(C)C)CC1. The van der Waals surface area contributed by atoms with Crippen molar-refractivity contribution < 1.29 is 14.4 Å². The summed E-state index contributed by atoms with van der Waals surface area (Å²) < 4.78 is 0. The van der Waals surface area contributed by atoms with E-state index in [-0.39, 0.29) is 29.1 Å². The highest BCUT2D eigenvalue weighted by Crippen LogP contribution is 2.26. The molecular formula is C26H39N3O3. The third-order valence-electron chi connectivity index (χ3n) is 6.66. The van der Waals surface area contributed by atoms with E-state index in [4.69, 9.17) is 0 Å². The minimum absolute atomic E-state index is 0.0334. The number of likely N-dealkylation sites (tertiary alicyclic amines) is 2. The Kier molecular flexibility index (Phi) is 7.96. The number of benzene rings is 1. The third kappa shape index (κ3) is 6.33. The topological polar surface area (TPSA) is 69.7 Å². The van der Waals surface area contributed by atoms with E-state index in [1.807, 2.05) is 34.9 Å². The number of piperidine rings is 2. The van der Waals surface area contributed by atoms with Crippen LogP contribution in [0.5, 0.6) is 0 Å². The molecule has 0 bridgehead atoms. The summed E-state index contributed by atoms with van der Waals surface area (Å²) in [7, 11) is 0. The molecule has 3 amide bonds. The molecule has 2 saturated heterocycles. The Labute approximate surface area is 192 Å². The van der Waals surface area contributed by atoms with Gasteiger partial charge in [-0.2, -0.15) is 0 Å². The maximum absolute atomic E-state index is 13.5. The van der Waals surface area contributed by atoms with Crippen LogP contribution in [0.25, 0.3) is 0 Å². The maximum Gasteiger partial charge on any atom is 0.252 e. The zero-order valence-electron chi connectivity index (χ0n) is 20.2. The summed E-state index contributed by atoms with van der Waals surface area (Å²) in [5.74, 6) is 0.0608. The average Bonchev–Trinajstić information content (AvgIpc) is 2.77. The summed E-state index contributed by atoms with van der Waals surface area (Å²) in [6.07, 6.45) is 5.17. The quantitative estimate of drug-likeness (QED) is 0.756. The lowest BCUT2D eigenvalue weighted by atomic mass is 9.86. The van der Waals surface area contributed by atoms with Gasteiger partial charge in [0.2, 0.25) is 11.8 Å². The van der Waals surface area contributed by atoms with Crippen molar-refractivity contribution >= 4 is 17.7 Å². The zero-order valence-corrected chi connectivity index (χ0v) is 20.2. The van der Waals surface area contributed by atoms with Gasteiger partial charge in [0.05, 0.1) is 0 Å². The second-order valence-corrected chi connectivity index (χ2v) is 10.6. The molecule has 3 rings (SSSR count). The first-order valence-corrected chi connectivity index (χ1v) is 12.1. The lowest BCUT2D eigenvalue weighted by Crippen LogP contribution is -2.55. The fourth-order valence-electron chi connectivity index (χ4n) is 4.79. The van der Waals surface area contributed by atoms with Crippen LogP contribution in [0.2, 0.25) is 0 Å². The molecule has 0 unspecified atom stereocenters. The molecule has 6 nitrogen and oxygen atoms in total. The Bertz CT molecular complexity index is 816. The number of carbonyl (C=O) groups is 3. The highest BCUT2D eigenvalue weighted by molar-refractivity contribution is 5.98. The predicted molar refractivity (Wildman–Crippen MR) is 126 cm³/mol. The van der Waals surface area contributed by atoms with Crippen molar-refractivity contribution in [1.82, 2.24) is 15.1 Å². The summed E-state index contributed by atoms with van der Waals surface area (Å²) >= 11 is 0. The smallest absolute Gasteiger partial charge is 0.252 e. The van der Waals surface area contributed by atoms with Crippen molar-refractivity contribution in [2.75, 3.05) is 26.2 Å². The molecule has 2 heterocycles. The van der Waals surface area contributed by atoms with Gasteiger partial charge in [0.15, 0.2) is 0 Å². The van der Waals surface area contributed by atoms with Crippen LogP contribution < -0.4 is 5.32 Å². The Hall–Kier alpha value is -2.37. The Morgan fingerprint density at radius 2 is 1.59 bits per heavy atom. The summed E-state index contributed by atoms with van der Waals surface area (Å²) in [6.45, 7) is 10.9. The number of rotatable bonds is 5. The maximum atomic E-state index is 13.5. The summed E-state index contributed by atoms with van der Waals surface area (Å²) in [5, 5.41) is 3.09. The van der Waals surface area contributed by atoms with Crippen molar-refractivity contribution in [2.24, 2.45) is 11.3 Å². The number of aryl methyl sites for hydroxylation is 1. The second kappa shape index (κ2) is 10.5. The molecule has 0 spiro atoms. The van der Waals surface area contributed by atoms with Gasteiger partial charge in [0.1, 0.15) is 6.04 Å². The highest BCUT2D eigenvalue weighted by Gasteiger charge is 2.37. The minimum atomic E-state index is -0.542. The molecule has 32 heavy (non-hydrogen) atoms. The third-order valence-corrected chi connectivity index (χ3v) is 6.66. The van der Waals surface area contributed by atoms with Gasteiger partial charge in [-0.25, -0.2) is 0 Å². The summed E-state index contributed by atoms with van der Waals surface area (Å²) in [4.78, 5) is 43.1. The molecule has 176 valence electrons. The van der Waals surface area contributed by atoms with Gasteiger partial charge < -0.3 is 15.1 Å². The van der Waals surface area contributed by atoms with Gasteiger partial charge in [0.25, 0.3) is 5.91 Å². The number of nitrogens with zero attached hydrogens (tertiary/aromatic N) is 2. The van der Waals surface area contributed by atoms with E-state index in [0.717, 1.165) is 50.8 Å². The molecular weight excluding hydrogens is 402 g/mol. The molecule has 2 fully saturated rings. The molecule has 2 aliphatic rings. The molecule has 0 aromatic heterocycles. The van der Waals surface area contributed by atoms with Crippen LogP contribution >= 0.6 is 0 Å². The van der Waals surface area contributed by atoms with Crippen molar-refractivity contribution in [1.29, 1.82) is 0 Å². The molecule has 1 N–H and O–H groups in total. The molecule has 1 aromatic carbocycles. The second-order valence-electron chi connectivity index (χ2n) is 10.6. The van der Waals surface area contributed by atoms with Crippen LogP contribution in [0, 0.1) is 18.3 Å². The fraction of sp³-hybridized carbons (Fsp3) is 0.654. The van der Waals surface area contributed by atoms with E-state index in [1.54, 1.807) is 6.07 Å². The van der Waals surface area contributed by atoms with Crippen LogP contribution in [0.1, 0.15) is 75.2 Å². The van der Waals surface area contributed by atoms with Gasteiger partial charge in [-0.1, -0.05) is 39.0 Å². The molecule has 2 aliphatic heterocycles. The first-order chi connectivity index (χ1) is 15.2. The number of nitrogens with one attached hydrogen (secondary N) is 1. The monoisotopic (exact) mass is 441 g/mol. The molecule has 0 aliphatic carbocycles. The highest BCUT2D eigenvalue weighted by atomic mass is 16.2. The first kappa shape index (κ1) is 24.3. The minimum Gasteiger partial charge on any atom is -0.343 e. The first-order valence-electron chi connectivity index (χ1n) is 12.1. The number of hydrogen-bond donors (Lipinski definition) is 1. The largest absolute Gasteiger partial charge is 0.343 e. The van der Waals surface area contributed by atoms with Gasteiger partial charge >= 0.3 is 0 Å². The van der Waals surface area contributed by atoms with Crippen LogP contribution in [0.3, 0.4) is 0 Å². The fourth-order valence-corrected chi connectivity index (χ4v) is 4.79. The number of amides is 3. The standard InChI is InChI=1S/C26H39N3O3/c1-19-10-6-7-11-21(19)24(31)27-23(25(32)29-14-8-5-9-15-29)20-12-16-28(17-13-20)22(30)18-26(2,3)4/h6-7,10-11,20,23H,5,8-9,12-18H2,1-4H3,(H,27,31)/t23-/m1/s1. The number of hydrogen-bond acceptors (Lipinski definition) is 3. The van der Waals surface area contributed by atoms with E-state index in [9.17, 15) is 14.4 Å². The van der Waals surface area contributed by atoms with Crippen LogP contribution in [-0.4, -0.2) is 59.7 Å². The van der Waals surface area contributed by atoms with E-state index in [1.165, 1.54) is 0 Å². The van der Waals surface area contributed by atoms with Gasteiger partial charge in [-0.3, -0.25) is 14.4 Å². The molecule has 1 aromatic rings. The molecule has 6 heteroatoms. The lowest BCUT2D eigenvalue weighted by molar-refractivity contribution is -0.137. The average molecular weight is 442 g/mol. The predicted octanol–water partition coefficient (Wildman–Crippen LogP) is 3.78. The van der Waals surface area contributed by atoms with Crippen LogP contribution in [-0.2, 0) is 9.59 Å². The normalized spacial score (nSPS) is 18.9. The van der Waals surface area contributed by atoms with Crippen molar-refractivity contribution in [3.8, 4) is 0 Å². The van der Waals surface area contributed by atoms with Gasteiger partial charge in [0, 0.05) is 38.2 Å². The summed E-state index contributed by atoms with van der Waals surface area (Å²) in [6, 6.07) is 6.94. The van der Waals surface area contributed by atoms with Gasteiger partial charge in [-0.15, -0.1) is 0 Å². The van der Waals surface area contributed by atoms with E-state index in [2.05, 4.69) is 26.1 Å². The summed E-state index contributed by atoms with van der Waals surface area (Å²) in [5.41, 5.74) is 1.47. The van der Waals surface area contributed by atoms with Crippen molar-refractivity contribution in [3.05, 3.63) is 35.4 Å². The zero-order chi connectivity index (χ0) is 23.3.